The molecule has 3 amide bonds. The highest BCUT2D eigenvalue weighted by Crippen LogP contribution is 2.38. The fraction of sp³-hybridized carbons (Fsp3) is 0.273. The fourth-order valence-corrected chi connectivity index (χ4v) is 1.99. The number of imide groups is 1. The molecule has 0 radical (unpaired) electrons. The van der Waals surface area contributed by atoms with E-state index < -0.39 is 34.7 Å². The molecule has 0 aliphatic carbocycles. The maximum Gasteiger partial charge on any atom is 0.446 e. The molecule has 114 valence electrons. The van der Waals surface area contributed by atoms with Gasteiger partial charge in [-0.2, -0.15) is 13.2 Å². The summed E-state index contributed by atoms with van der Waals surface area (Å²) in [5.41, 5.74) is -3.79. The van der Waals surface area contributed by atoms with Crippen LogP contribution in [0.15, 0.2) is 18.2 Å². The van der Waals surface area contributed by atoms with Crippen molar-refractivity contribution in [1.82, 2.24) is 5.32 Å². The van der Waals surface area contributed by atoms with Crippen molar-refractivity contribution in [3.8, 4) is 0 Å². The van der Waals surface area contributed by atoms with Gasteiger partial charge in [-0.15, -0.1) is 0 Å². The molecule has 0 saturated carbocycles. The predicted molar refractivity (Wildman–Crippen MR) is 63.2 cm³/mol. The van der Waals surface area contributed by atoms with E-state index in [0.717, 1.165) is 18.2 Å². The smallest absolute Gasteiger partial charge is 0.344 e. The molecule has 1 atom stereocenters. The van der Waals surface area contributed by atoms with Crippen LogP contribution in [0.3, 0.4) is 0 Å². The average molecular weight is 327 g/mol. The zero-order valence-electron chi connectivity index (χ0n) is 10.3. The molecule has 1 fully saturated rings. The third-order valence-electron chi connectivity index (χ3n) is 2.86. The lowest BCUT2D eigenvalue weighted by Gasteiger charge is -2.26. The van der Waals surface area contributed by atoms with Gasteiger partial charge in [0.25, 0.3) is 5.91 Å². The zero-order valence-corrected chi connectivity index (χ0v) is 11.0. The highest BCUT2D eigenvalue weighted by molar-refractivity contribution is 6.31. The third kappa shape index (κ3) is 2.22. The fourth-order valence-electron chi connectivity index (χ4n) is 1.81. The van der Waals surface area contributed by atoms with E-state index in [1.165, 1.54) is 5.32 Å². The minimum atomic E-state index is -5.17. The van der Waals surface area contributed by atoms with Crippen LogP contribution in [0.1, 0.15) is 0 Å². The quantitative estimate of drug-likeness (QED) is 0.671. The molecule has 1 saturated heterocycles. The predicted octanol–water partition coefficient (Wildman–Crippen LogP) is 2.44. The summed E-state index contributed by atoms with van der Waals surface area (Å²) in [6.45, 7) is 0. The van der Waals surface area contributed by atoms with Crippen LogP contribution in [0.25, 0.3) is 0 Å². The van der Waals surface area contributed by atoms with Crippen molar-refractivity contribution < 1.29 is 31.9 Å². The number of urea groups is 1. The summed E-state index contributed by atoms with van der Waals surface area (Å²) in [6.07, 6.45) is -5.17. The Morgan fingerprint density at radius 2 is 1.95 bits per heavy atom. The van der Waals surface area contributed by atoms with Crippen molar-refractivity contribution in [2.45, 2.75) is 11.9 Å². The van der Waals surface area contributed by atoms with E-state index in [4.69, 9.17) is 11.6 Å². The second-order valence-corrected chi connectivity index (χ2v) is 4.46. The normalized spacial score (nSPS) is 22.7. The number of ether oxygens (including phenoxy) is 1. The summed E-state index contributed by atoms with van der Waals surface area (Å²) in [5, 5.41) is 0.994. The maximum atomic E-state index is 13.0. The summed E-state index contributed by atoms with van der Waals surface area (Å²) in [4.78, 5) is 23.8. The molecule has 21 heavy (non-hydrogen) atoms. The first-order valence-electron chi connectivity index (χ1n) is 5.37. The van der Waals surface area contributed by atoms with Crippen LogP contribution < -0.4 is 10.2 Å². The standard InChI is InChI=1S/C11H7ClF4N2O3/c1-21-10(11(14,15)16)8(19)18(9(20)17-10)5-2-3-7(13)6(12)4-5/h2-4H,1H3,(H,17,20). The average Bonchev–Trinajstić information content (AvgIpc) is 2.65. The highest BCUT2D eigenvalue weighted by Gasteiger charge is 2.69. The van der Waals surface area contributed by atoms with Gasteiger partial charge < -0.3 is 4.74 Å². The van der Waals surface area contributed by atoms with Gasteiger partial charge >= 0.3 is 17.9 Å². The summed E-state index contributed by atoms with van der Waals surface area (Å²) in [6, 6.07) is 1.26. The van der Waals surface area contributed by atoms with Gasteiger partial charge in [0.2, 0.25) is 0 Å². The van der Waals surface area contributed by atoms with Crippen LogP contribution in [0.4, 0.5) is 28.0 Å². The van der Waals surface area contributed by atoms with Crippen LogP contribution in [-0.4, -0.2) is 30.9 Å². The lowest BCUT2D eigenvalue weighted by Crippen LogP contribution is -2.60. The second kappa shape index (κ2) is 4.85. The van der Waals surface area contributed by atoms with Crippen molar-refractivity contribution in [3.63, 3.8) is 0 Å². The number of halogens is 5. The Morgan fingerprint density at radius 3 is 2.38 bits per heavy atom. The highest BCUT2D eigenvalue weighted by atomic mass is 35.5. The van der Waals surface area contributed by atoms with E-state index in [-0.39, 0.29) is 10.6 Å². The van der Waals surface area contributed by atoms with E-state index in [1.54, 1.807) is 0 Å². The Labute approximate surface area is 120 Å². The minimum absolute atomic E-state index is 0.183. The van der Waals surface area contributed by atoms with Gasteiger partial charge in [-0.3, -0.25) is 10.1 Å². The van der Waals surface area contributed by atoms with E-state index in [2.05, 4.69) is 4.74 Å². The molecular weight excluding hydrogens is 320 g/mol. The number of rotatable bonds is 2. The third-order valence-corrected chi connectivity index (χ3v) is 3.15. The van der Waals surface area contributed by atoms with Crippen molar-refractivity contribution in [2.75, 3.05) is 12.0 Å². The molecule has 2 rings (SSSR count). The van der Waals surface area contributed by atoms with Crippen LogP contribution in [0.2, 0.25) is 5.02 Å². The van der Waals surface area contributed by atoms with Gasteiger partial charge in [-0.05, 0) is 18.2 Å². The first kappa shape index (κ1) is 15.5. The van der Waals surface area contributed by atoms with Gasteiger partial charge in [0.1, 0.15) is 5.82 Å². The van der Waals surface area contributed by atoms with Crippen LogP contribution in [-0.2, 0) is 9.53 Å². The van der Waals surface area contributed by atoms with Crippen LogP contribution in [0.5, 0.6) is 0 Å². The van der Waals surface area contributed by atoms with Gasteiger partial charge in [0.15, 0.2) is 0 Å². The summed E-state index contributed by atoms with van der Waals surface area (Å²) in [5.74, 6) is -2.54. The number of carbonyl (C=O) groups is 2. The number of hydrogen-bond donors (Lipinski definition) is 1. The Kier molecular flexibility index (Phi) is 3.58. The molecule has 0 bridgehead atoms. The molecule has 1 aliphatic heterocycles. The first-order valence-corrected chi connectivity index (χ1v) is 5.75. The summed E-state index contributed by atoms with van der Waals surface area (Å²) < 4.78 is 56.2. The molecule has 1 aliphatic rings. The van der Waals surface area contributed by atoms with Gasteiger partial charge in [-0.25, -0.2) is 14.1 Å². The van der Waals surface area contributed by atoms with E-state index in [9.17, 15) is 27.2 Å². The molecule has 0 spiro atoms. The first-order chi connectivity index (χ1) is 9.64. The molecule has 1 heterocycles. The molecule has 10 heteroatoms. The Bertz CT molecular complexity index is 622. The second-order valence-electron chi connectivity index (χ2n) is 4.05. The van der Waals surface area contributed by atoms with Gasteiger partial charge in [-0.1, -0.05) is 11.6 Å². The lowest BCUT2D eigenvalue weighted by atomic mass is 10.2. The largest absolute Gasteiger partial charge is 0.446 e. The summed E-state index contributed by atoms with van der Waals surface area (Å²) in [7, 11) is 0.632. The van der Waals surface area contributed by atoms with E-state index in [0.29, 0.717) is 7.11 Å². The number of nitrogens with zero attached hydrogens (tertiary/aromatic N) is 1. The van der Waals surface area contributed by atoms with Crippen molar-refractivity contribution in [2.24, 2.45) is 0 Å². The number of nitrogens with one attached hydrogen (secondary N) is 1. The monoisotopic (exact) mass is 326 g/mol. The number of anilines is 1. The van der Waals surface area contributed by atoms with E-state index in [1.807, 2.05) is 0 Å². The van der Waals surface area contributed by atoms with Crippen molar-refractivity contribution in [3.05, 3.63) is 29.0 Å². The SMILES string of the molecule is COC1(C(F)(F)F)NC(=O)N(c2ccc(F)c(Cl)c2)C1=O. The minimum Gasteiger partial charge on any atom is -0.344 e. The number of alkyl halides is 3. The van der Waals surface area contributed by atoms with Crippen molar-refractivity contribution in [1.29, 1.82) is 0 Å². The lowest BCUT2D eigenvalue weighted by molar-refractivity contribution is -0.261. The number of carbonyl (C=O) groups excluding carboxylic acids is 2. The Hall–Kier alpha value is -1.87. The molecule has 1 N–H and O–H groups in total. The Balaban J connectivity index is 2.50. The molecule has 5 nitrogen and oxygen atoms in total. The molecule has 1 aromatic carbocycles. The number of amides is 3. The van der Waals surface area contributed by atoms with Crippen LogP contribution in [0, 0.1) is 5.82 Å². The molecule has 1 unspecified atom stereocenters. The Morgan fingerprint density at radius 1 is 1.33 bits per heavy atom. The molecular formula is C11H7ClF4N2O3. The van der Waals surface area contributed by atoms with E-state index >= 15 is 0 Å². The number of methoxy groups -OCH3 is 1. The van der Waals surface area contributed by atoms with Gasteiger partial charge in [0, 0.05) is 7.11 Å². The number of hydrogen-bond acceptors (Lipinski definition) is 3. The zero-order chi connectivity index (χ0) is 16.0. The summed E-state index contributed by atoms with van der Waals surface area (Å²) >= 11 is 5.48. The molecule has 0 aromatic heterocycles. The van der Waals surface area contributed by atoms with Crippen molar-refractivity contribution >= 4 is 29.2 Å². The van der Waals surface area contributed by atoms with Crippen LogP contribution >= 0.6 is 11.6 Å². The maximum absolute atomic E-state index is 13.0. The van der Waals surface area contributed by atoms with Gasteiger partial charge in [0.05, 0.1) is 10.7 Å². The topological polar surface area (TPSA) is 58.6 Å². The molecule has 1 aromatic rings. The number of benzene rings is 1.